The third-order valence-corrected chi connectivity index (χ3v) is 6.06. The van der Waals surface area contributed by atoms with Crippen LogP contribution in [0.3, 0.4) is 0 Å². The van der Waals surface area contributed by atoms with Gasteiger partial charge in [0.1, 0.15) is 17.3 Å². The Bertz CT molecular complexity index is 949. The fraction of sp³-hybridized carbons (Fsp3) is 0.292. The molecule has 0 radical (unpaired) electrons. The molecule has 2 N–H and O–H groups in total. The molecule has 4 nitrogen and oxygen atoms in total. The molecule has 1 aromatic heterocycles. The van der Waals surface area contributed by atoms with E-state index in [1.54, 1.807) is 0 Å². The van der Waals surface area contributed by atoms with Gasteiger partial charge in [0.25, 0.3) is 0 Å². The van der Waals surface area contributed by atoms with E-state index >= 15 is 0 Å². The number of fused-ring (bicyclic) bond motifs is 1. The monoisotopic (exact) mass is 371 g/mol. The Morgan fingerprint density at radius 2 is 1.61 bits per heavy atom. The predicted octanol–water partition coefficient (Wildman–Crippen LogP) is 5.35. The summed E-state index contributed by atoms with van der Waals surface area (Å²) in [5.74, 6) is 2.62. The van der Waals surface area contributed by atoms with Crippen molar-refractivity contribution in [1.29, 1.82) is 0 Å². The summed E-state index contributed by atoms with van der Waals surface area (Å²) < 4.78 is 5.94. The Hall–Kier alpha value is -3.01. The van der Waals surface area contributed by atoms with Crippen LogP contribution in [0.15, 0.2) is 66.9 Å². The van der Waals surface area contributed by atoms with E-state index in [0.29, 0.717) is 11.9 Å². The van der Waals surface area contributed by atoms with Gasteiger partial charge in [0.2, 0.25) is 0 Å². The summed E-state index contributed by atoms with van der Waals surface area (Å²) in [6.07, 6.45) is 7.05. The van der Waals surface area contributed by atoms with Gasteiger partial charge in [-0.25, -0.2) is 4.98 Å². The molecule has 142 valence electrons. The molecule has 2 heterocycles. The number of hydrogen-bond donors (Lipinski definition) is 1. The minimum absolute atomic E-state index is 0.259. The van der Waals surface area contributed by atoms with E-state index in [9.17, 15) is 0 Å². The quantitative estimate of drug-likeness (QED) is 0.671. The van der Waals surface area contributed by atoms with Crippen LogP contribution in [0.4, 0.5) is 11.5 Å². The van der Waals surface area contributed by atoms with Crippen molar-refractivity contribution in [3.8, 4) is 11.5 Å². The molecule has 28 heavy (non-hydrogen) atoms. The van der Waals surface area contributed by atoms with Crippen LogP contribution >= 0.6 is 0 Å². The second-order valence-electron chi connectivity index (χ2n) is 7.76. The maximum absolute atomic E-state index is 6.33. The van der Waals surface area contributed by atoms with Crippen molar-refractivity contribution < 1.29 is 4.74 Å². The fourth-order valence-corrected chi connectivity index (χ4v) is 4.70. The third-order valence-electron chi connectivity index (χ3n) is 6.06. The number of nitrogen functional groups attached to an aromatic ring is 1. The van der Waals surface area contributed by atoms with Gasteiger partial charge in [-0.1, -0.05) is 43.2 Å². The van der Waals surface area contributed by atoms with Crippen molar-refractivity contribution in [2.45, 2.75) is 37.6 Å². The predicted molar refractivity (Wildman–Crippen MR) is 113 cm³/mol. The number of pyridine rings is 1. The molecule has 1 aliphatic carbocycles. The van der Waals surface area contributed by atoms with E-state index < -0.39 is 0 Å². The Morgan fingerprint density at radius 1 is 0.893 bits per heavy atom. The molecule has 2 aromatic carbocycles. The van der Waals surface area contributed by atoms with Gasteiger partial charge in [0.05, 0.1) is 0 Å². The number of nitrogens with two attached hydrogens (primary N) is 1. The van der Waals surface area contributed by atoms with Crippen LogP contribution in [0.2, 0.25) is 0 Å². The lowest BCUT2D eigenvalue weighted by atomic mass is 9.93. The largest absolute Gasteiger partial charge is 0.457 e. The van der Waals surface area contributed by atoms with E-state index in [-0.39, 0.29) is 5.92 Å². The third kappa shape index (κ3) is 3.09. The second-order valence-corrected chi connectivity index (χ2v) is 7.76. The molecule has 4 heteroatoms. The van der Waals surface area contributed by atoms with E-state index in [4.69, 9.17) is 10.5 Å². The highest BCUT2D eigenvalue weighted by Gasteiger charge is 2.36. The minimum Gasteiger partial charge on any atom is -0.457 e. The lowest BCUT2D eigenvalue weighted by molar-refractivity contribution is 0.482. The molecule has 0 spiro atoms. The van der Waals surface area contributed by atoms with E-state index in [1.165, 1.54) is 42.5 Å². The Labute approximate surface area is 166 Å². The van der Waals surface area contributed by atoms with Crippen molar-refractivity contribution in [3.63, 3.8) is 0 Å². The summed E-state index contributed by atoms with van der Waals surface area (Å²) in [6, 6.07) is 21.1. The van der Waals surface area contributed by atoms with Crippen LogP contribution < -0.4 is 15.4 Å². The molecule has 1 fully saturated rings. The zero-order valence-electron chi connectivity index (χ0n) is 15.9. The summed E-state index contributed by atoms with van der Waals surface area (Å²) in [5.41, 5.74) is 10.1. The molecule has 0 saturated heterocycles. The lowest BCUT2D eigenvalue weighted by Gasteiger charge is -2.27. The van der Waals surface area contributed by atoms with Gasteiger partial charge in [-0.3, -0.25) is 0 Å². The van der Waals surface area contributed by atoms with Crippen molar-refractivity contribution in [1.82, 2.24) is 4.98 Å². The molecule has 1 atom stereocenters. The van der Waals surface area contributed by atoms with E-state index in [1.807, 2.05) is 48.7 Å². The Balaban J connectivity index is 1.43. The standard InChI is InChI=1S/C24H25N3O/c25-24-23-21(16-27(18-6-4-5-7-18)22(23)14-15-26-24)17-10-12-20(13-11-17)28-19-8-2-1-3-9-19/h1-3,8-15,18,21H,4-7,16H2,(H2,25,26). The average Bonchev–Trinajstić information content (AvgIpc) is 3.38. The number of anilines is 2. The topological polar surface area (TPSA) is 51.4 Å². The molecule has 2 aliphatic rings. The van der Waals surface area contributed by atoms with Crippen molar-refractivity contribution in [2.75, 3.05) is 17.2 Å². The van der Waals surface area contributed by atoms with Crippen LogP contribution in [0.5, 0.6) is 11.5 Å². The highest BCUT2D eigenvalue weighted by atomic mass is 16.5. The molecule has 5 rings (SSSR count). The lowest BCUT2D eigenvalue weighted by Crippen LogP contribution is -2.32. The van der Waals surface area contributed by atoms with Gasteiger partial charge in [-0.15, -0.1) is 0 Å². The highest BCUT2D eigenvalue weighted by molar-refractivity contribution is 5.70. The van der Waals surface area contributed by atoms with Crippen LogP contribution in [0, 0.1) is 0 Å². The van der Waals surface area contributed by atoms with Gasteiger partial charge < -0.3 is 15.4 Å². The summed E-state index contributed by atoms with van der Waals surface area (Å²) in [6.45, 7) is 0.981. The number of nitrogens with zero attached hydrogens (tertiary/aromatic N) is 2. The maximum atomic E-state index is 6.33. The fourth-order valence-electron chi connectivity index (χ4n) is 4.70. The van der Waals surface area contributed by atoms with Crippen molar-refractivity contribution in [2.24, 2.45) is 0 Å². The Morgan fingerprint density at radius 3 is 2.36 bits per heavy atom. The minimum atomic E-state index is 0.259. The summed E-state index contributed by atoms with van der Waals surface area (Å²) in [4.78, 5) is 6.96. The number of rotatable bonds is 4. The molecular formula is C24H25N3O. The van der Waals surface area contributed by atoms with Crippen LogP contribution in [-0.2, 0) is 0 Å². The number of benzene rings is 2. The van der Waals surface area contributed by atoms with Crippen molar-refractivity contribution >= 4 is 11.5 Å². The number of ether oxygens (including phenoxy) is 1. The molecule has 0 bridgehead atoms. The summed E-state index contributed by atoms with van der Waals surface area (Å²) in [7, 11) is 0. The first-order valence-corrected chi connectivity index (χ1v) is 10.1. The second kappa shape index (κ2) is 7.19. The number of para-hydroxylation sites is 1. The van der Waals surface area contributed by atoms with Gasteiger partial charge in [0, 0.05) is 36.0 Å². The van der Waals surface area contributed by atoms with Crippen LogP contribution in [0.25, 0.3) is 0 Å². The zero-order valence-corrected chi connectivity index (χ0v) is 15.9. The smallest absolute Gasteiger partial charge is 0.129 e. The normalized spacial score (nSPS) is 19.0. The highest BCUT2D eigenvalue weighted by Crippen LogP contribution is 2.45. The molecule has 3 aromatic rings. The maximum Gasteiger partial charge on any atom is 0.129 e. The van der Waals surface area contributed by atoms with Gasteiger partial charge in [-0.2, -0.15) is 0 Å². The van der Waals surface area contributed by atoms with Gasteiger partial charge in [0.15, 0.2) is 0 Å². The van der Waals surface area contributed by atoms with E-state index in [0.717, 1.165) is 18.0 Å². The number of hydrogen-bond acceptors (Lipinski definition) is 4. The first-order valence-electron chi connectivity index (χ1n) is 10.1. The van der Waals surface area contributed by atoms with Crippen LogP contribution in [0.1, 0.15) is 42.7 Å². The molecular weight excluding hydrogens is 346 g/mol. The van der Waals surface area contributed by atoms with Crippen LogP contribution in [-0.4, -0.2) is 17.6 Å². The zero-order chi connectivity index (χ0) is 18.9. The number of aromatic nitrogens is 1. The SMILES string of the molecule is Nc1nccc2c1C(c1ccc(Oc3ccccc3)cc1)CN2C1CCCC1. The first kappa shape index (κ1) is 17.1. The first-order chi connectivity index (χ1) is 13.8. The molecule has 1 aliphatic heterocycles. The van der Waals surface area contributed by atoms with Gasteiger partial charge >= 0.3 is 0 Å². The summed E-state index contributed by atoms with van der Waals surface area (Å²) in [5, 5.41) is 0. The summed E-state index contributed by atoms with van der Waals surface area (Å²) >= 11 is 0. The molecule has 1 unspecified atom stereocenters. The van der Waals surface area contributed by atoms with Crippen molar-refractivity contribution in [3.05, 3.63) is 78.0 Å². The molecule has 1 saturated carbocycles. The van der Waals surface area contributed by atoms with E-state index in [2.05, 4.69) is 28.1 Å². The molecule has 0 amide bonds. The Kier molecular flexibility index (Phi) is 4.40. The van der Waals surface area contributed by atoms with Gasteiger partial charge in [-0.05, 0) is 48.7 Å². The average molecular weight is 371 g/mol.